The van der Waals surface area contributed by atoms with E-state index in [0.29, 0.717) is 0 Å². The number of amides is 1. The molecule has 1 unspecified atom stereocenters. The maximum absolute atomic E-state index is 12.6. The molecule has 2 aromatic heterocycles. The Labute approximate surface area is 123 Å². The molecule has 3 rings (SSSR count). The Balaban J connectivity index is 1.61. The van der Waals surface area contributed by atoms with E-state index < -0.39 is 0 Å². The summed E-state index contributed by atoms with van der Waals surface area (Å²) in [4.78, 5) is 22.8. The minimum atomic E-state index is -0.214. The van der Waals surface area contributed by atoms with Gasteiger partial charge in [0.25, 0.3) is 0 Å². The van der Waals surface area contributed by atoms with Crippen LogP contribution in [0, 0.1) is 6.92 Å². The van der Waals surface area contributed by atoms with Gasteiger partial charge in [-0.1, -0.05) is 5.16 Å². The van der Waals surface area contributed by atoms with Crippen molar-refractivity contribution in [1.82, 2.24) is 24.6 Å². The molecule has 0 radical (unpaired) electrons. The lowest BCUT2D eigenvalue weighted by Crippen LogP contribution is -2.41. The van der Waals surface area contributed by atoms with Gasteiger partial charge in [-0.2, -0.15) is 4.98 Å². The molecule has 7 nitrogen and oxygen atoms in total. The van der Waals surface area contributed by atoms with Gasteiger partial charge in [0.2, 0.25) is 12.3 Å². The lowest BCUT2D eigenvalue weighted by molar-refractivity contribution is -0.135. The highest BCUT2D eigenvalue weighted by molar-refractivity contribution is 5.80. The van der Waals surface area contributed by atoms with Crippen LogP contribution < -0.4 is 0 Å². The fraction of sp³-hybridized carbons (Fsp3) is 0.571. The molecule has 1 aliphatic heterocycles. The summed E-state index contributed by atoms with van der Waals surface area (Å²) in [5.74, 6) is 2.04. The van der Waals surface area contributed by atoms with Gasteiger partial charge >= 0.3 is 0 Å². The van der Waals surface area contributed by atoms with Crippen LogP contribution in [0.1, 0.15) is 43.4 Å². The fourth-order valence-corrected chi connectivity index (χ4v) is 2.90. The number of carbonyl (C=O) groups excluding carboxylic acids is 1. The first kappa shape index (κ1) is 13.8. The number of likely N-dealkylation sites (tertiary alicyclic amines) is 1. The zero-order valence-electron chi connectivity index (χ0n) is 12.3. The number of hydrogen-bond donors (Lipinski definition) is 0. The van der Waals surface area contributed by atoms with Crippen LogP contribution in [0.4, 0.5) is 0 Å². The van der Waals surface area contributed by atoms with Crippen molar-refractivity contribution >= 4 is 5.91 Å². The number of piperidine rings is 1. The molecule has 0 aromatic carbocycles. The van der Waals surface area contributed by atoms with Crippen molar-refractivity contribution in [3.63, 3.8) is 0 Å². The van der Waals surface area contributed by atoms with E-state index in [0.717, 1.165) is 37.6 Å². The van der Waals surface area contributed by atoms with Crippen molar-refractivity contribution < 1.29 is 9.32 Å². The topological polar surface area (TPSA) is 77.0 Å². The Morgan fingerprint density at radius 1 is 1.38 bits per heavy atom. The number of aryl methyl sites for hydroxylation is 1. The smallest absolute Gasteiger partial charge is 0.245 e. The molecule has 112 valence electrons. The van der Waals surface area contributed by atoms with Gasteiger partial charge in [-0.3, -0.25) is 4.79 Å². The van der Waals surface area contributed by atoms with Crippen LogP contribution in [0.25, 0.3) is 0 Å². The largest absolute Gasteiger partial charge is 0.343 e. The van der Waals surface area contributed by atoms with E-state index in [2.05, 4.69) is 15.1 Å². The minimum absolute atomic E-state index is 0.141. The highest BCUT2D eigenvalue weighted by Crippen LogP contribution is 2.26. The van der Waals surface area contributed by atoms with E-state index in [4.69, 9.17) is 4.52 Å². The van der Waals surface area contributed by atoms with Gasteiger partial charge in [0.1, 0.15) is 11.9 Å². The summed E-state index contributed by atoms with van der Waals surface area (Å²) >= 11 is 0. The first-order valence-electron chi connectivity index (χ1n) is 7.21. The molecule has 0 spiro atoms. The zero-order valence-corrected chi connectivity index (χ0v) is 12.3. The second kappa shape index (κ2) is 5.67. The van der Waals surface area contributed by atoms with Gasteiger partial charge in [-0.05, 0) is 26.7 Å². The Hall–Kier alpha value is -2.18. The number of imidazole rings is 1. The van der Waals surface area contributed by atoms with Gasteiger partial charge in [0.15, 0.2) is 5.82 Å². The van der Waals surface area contributed by atoms with Crippen LogP contribution in [-0.4, -0.2) is 43.6 Å². The third-order valence-electron chi connectivity index (χ3n) is 4.19. The molecule has 0 saturated carbocycles. The Morgan fingerprint density at radius 2 is 2.14 bits per heavy atom. The molecular weight excluding hydrogens is 270 g/mol. The van der Waals surface area contributed by atoms with Crippen LogP contribution in [0.5, 0.6) is 0 Å². The highest BCUT2D eigenvalue weighted by Gasteiger charge is 2.29. The van der Waals surface area contributed by atoms with Gasteiger partial charge in [-0.15, -0.1) is 0 Å². The highest BCUT2D eigenvalue weighted by atomic mass is 16.5. The molecule has 21 heavy (non-hydrogen) atoms. The summed E-state index contributed by atoms with van der Waals surface area (Å²) in [7, 11) is 0. The second-order valence-corrected chi connectivity index (χ2v) is 5.45. The third kappa shape index (κ3) is 2.68. The molecule has 2 aromatic rings. The molecule has 0 N–H and O–H groups in total. The maximum atomic E-state index is 12.6. The molecule has 0 bridgehead atoms. The van der Waals surface area contributed by atoms with Gasteiger partial charge in [-0.25, -0.2) is 4.98 Å². The lowest BCUT2D eigenvalue weighted by atomic mass is 9.96. The zero-order chi connectivity index (χ0) is 14.8. The fourth-order valence-electron chi connectivity index (χ4n) is 2.90. The van der Waals surface area contributed by atoms with Crippen molar-refractivity contribution in [2.75, 3.05) is 13.1 Å². The van der Waals surface area contributed by atoms with Crippen molar-refractivity contribution in [1.29, 1.82) is 0 Å². The number of rotatable bonds is 3. The molecule has 1 atom stereocenters. The standard InChI is InChI=1S/C14H19N5O2/c1-10(19-8-5-15-11(19)2)14(20)18-6-3-12(4-7-18)13-16-9-21-17-13/h5,8-10,12H,3-4,6-7H2,1-2H3. The van der Waals surface area contributed by atoms with E-state index in [1.54, 1.807) is 6.20 Å². The molecule has 7 heteroatoms. The SMILES string of the molecule is Cc1nccn1C(C)C(=O)N1CCC(c2ncon2)CC1. The van der Waals surface area contributed by atoms with Gasteiger partial charge < -0.3 is 14.0 Å². The predicted molar refractivity (Wildman–Crippen MR) is 74.5 cm³/mol. The molecule has 1 fully saturated rings. The van der Waals surface area contributed by atoms with Crippen molar-refractivity contribution in [3.05, 3.63) is 30.4 Å². The molecule has 3 heterocycles. The minimum Gasteiger partial charge on any atom is -0.343 e. The molecule has 0 aliphatic carbocycles. The Bertz CT molecular complexity index is 599. The van der Waals surface area contributed by atoms with Crippen molar-refractivity contribution in [2.24, 2.45) is 0 Å². The molecule has 1 saturated heterocycles. The lowest BCUT2D eigenvalue weighted by Gasteiger charge is -2.32. The quantitative estimate of drug-likeness (QED) is 0.856. The van der Waals surface area contributed by atoms with E-state index in [1.807, 2.05) is 29.5 Å². The van der Waals surface area contributed by atoms with Crippen LogP contribution in [0.2, 0.25) is 0 Å². The summed E-state index contributed by atoms with van der Waals surface area (Å²) in [6.07, 6.45) is 6.68. The van der Waals surface area contributed by atoms with Crippen molar-refractivity contribution in [3.8, 4) is 0 Å². The number of aromatic nitrogens is 4. The summed E-state index contributed by atoms with van der Waals surface area (Å²) in [5, 5.41) is 3.90. The summed E-state index contributed by atoms with van der Waals surface area (Å²) in [5.41, 5.74) is 0. The second-order valence-electron chi connectivity index (χ2n) is 5.45. The first-order valence-corrected chi connectivity index (χ1v) is 7.21. The monoisotopic (exact) mass is 289 g/mol. The Kier molecular flexibility index (Phi) is 3.72. The average molecular weight is 289 g/mol. The van der Waals surface area contributed by atoms with Gasteiger partial charge in [0, 0.05) is 31.4 Å². The van der Waals surface area contributed by atoms with Crippen LogP contribution in [0.15, 0.2) is 23.3 Å². The molecule has 1 aliphatic rings. The molecular formula is C14H19N5O2. The number of hydrogen-bond acceptors (Lipinski definition) is 5. The number of nitrogens with zero attached hydrogens (tertiary/aromatic N) is 5. The van der Waals surface area contributed by atoms with Crippen molar-refractivity contribution in [2.45, 2.75) is 38.6 Å². The normalized spacial score (nSPS) is 17.9. The maximum Gasteiger partial charge on any atom is 0.245 e. The van der Waals surface area contributed by atoms with E-state index in [1.165, 1.54) is 6.39 Å². The summed E-state index contributed by atoms with van der Waals surface area (Å²) in [6.45, 7) is 5.29. The summed E-state index contributed by atoms with van der Waals surface area (Å²) < 4.78 is 6.70. The third-order valence-corrected chi connectivity index (χ3v) is 4.19. The van der Waals surface area contributed by atoms with Crippen LogP contribution in [-0.2, 0) is 4.79 Å². The van der Waals surface area contributed by atoms with Crippen LogP contribution in [0.3, 0.4) is 0 Å². The van der Waals surface area contributed by atoms with Crippen LogP contribution >= 0.6 is 0 Å². The molecule has 1 amide bonds. The average Bonchev–Trinajstić information content (AvgIpc) is 3.17. The summed E-state index contributed by atoms with van der Waals surface area (Å²) in [6, 6.07) is -0.214. The van der Waals surface area contributed by atoms with Gasteiger partial charge in [0.05, 0.1) is 0 Å². The Morgan fingerprint density at radius 3 is 2.71 bits per heavy atom. The predicted octanol–water partition coefficient (Wildman–Crippen LogP) is 1.54. The van der Waals surface area contributed by atoms with E-state index in [9.17, 15) is 4.79 Å². The number of carbonyl (C=O) groups is 1. The first-order chi connectivity index (χ1) is 10.2. The van der Waals surface area contributed by atoms with E-state index >= 15 is 0 Å². The van der Waals surface area contributed by atoms with E-state index in [-0.39, 0.29) is 17.9 Å².